The number of carbonyl (C=O) groups is 2. The summed E-state index contributed by atoms with van der Waals surface area (Å²) in [5.41, 5.74) is 1.32. The van der Waals surface area contributed by atoms with Crippen LogP contribution in [0.5, 0.6) is 0 Å². The second-order valence-electron chi connectivity index (χ2n) is 8.28. The summed E-state index contributed by atoms with van der Waals surface area (Å²) in [7, 11) is 0. The van der Waals surface area contributed by atoms with Crippen LogP contribution in [0.1, 0.15) is 46.9 Å². The molecule has 1 aromatic carbocycles. The molecule has 4 fully saturated rings. The molecule has 1 aromatic rings. The number of hydrogen-bond donors (Lipinski definition) is 0. The molecule has 4 saturated heterocycles. The average Bonchev–Trinajstić information content (AvgIpc) is 3.06. The van der Waals surface area contributed by atoms with E-state index in [4.69, 9.17) is 4.74 Å². The Kier molecular flexibility index (Phi) is 5.97. The third kappa shape index (κ3) is 4.08. The van der Waals surface area contributed by atoms with Gasteiger partial charge in [-0.15, -0.1) is 0 Å². The van der Waals surface area contributed by atoms with Gasteiger partial charge in [0.2, 0.25) is 0 Å². The third-order valence-corrected chi connectivity index (χ3v) is 6.30. The summed E-state index contributed by atoms with van der Waals surface area (Å²) in [5.74, 6) is 0.697. The maximum atomic E-state index is 13.1. The number of amides is 2. The van der Waals surface area contributed by atoms with E-state index in [0.29, 0.717) is 49.4 Å². The van der Waals surface area contributed by atoms with Crippen molar-refractivity contribution < 1.29 is 14.3 Å². The van der Waals surface area contributed by atoms with Crippen molar-refractivity contribution in [1.29, 1.82) is 0 Å². The van der Waals surface area contributed by atoms with Crippen LogP contribution in [0.15, 0.2) is 24.3 Å². The first kappa shape index (κ1) is 19.4. The number of morpholine rings is 1. The zero-order valence-corrected chi connectivity index (χ0v) is 16.8. The van der Waals surface area contributed by atoms with E-state index in [0.717, 1.165) is 32.6 Å². The molecule has 4 aliphatic rings. The van der Waals surface area contributed by atoms with Crippen LogP contribution in [0.4, 0.5) is 0 Å². The van der Waals surface area contributed by atoms with E-state index < -0.39 is 0 Å². The molecule has 0 saturated carbocycles. The monoisotopic (exact) mass is 385 g/mol. The molecule has 0 radical (unpaired) electrons. The van der Waals surface area contributed by atoms with Gasteiger partial charge in [0.05, 0.1) is 13.2 Å². The highest BCUT2D eigenvalue weighted by atomic mass is 16.5. The lowest BCUT2D eigenvalue weighted by molar-refractivity contribution is 0.0303. The van der Waals surface area contributed by atoms with Crippen molar-refractivity contribution in [3.05, 3.63) is 35.4 Å². The number of rotatable bonds is 4. The molecule has 0 aromatic heterocycles. The minimum Gasteiger partial charge on any atom is -0.378 e. The van der Waals surface area contributed by atoms with Crippen molar-refractivity contribution >= 4 is 11.8 Å². The van der Waals surface area contributed by atoms with Crippen LogP contribution < -0.4 is 0 Å². The molecule has 0 spiro atoms. The summed E-state index contributed by atoms with van der Waals surface area (Å²) in [6, 6.07) is 7.70. The van der Waals surface area contributed by atoms with E-state index in [1.807, 2.05) is 21.9 Å². The number of fused-ring (bicyclic) bond motifs is 4. The molecule has 0 aliphatic carbocycles. The molecule has 6 heteroatoms. The molecule has 0 N–H and O–H groups in total. The fourth-order valence-electron chi connectivity index (χ4n) is 4.79. The molecule has 28 heavy (non-hydrogen) atoms. The fraction of sp³-hybridized carbons (Fsp3) is 0.636. The van der Waals surface area contributed by atoms with Gasteiger partial charge in [-0.2, -0.15) is 0 Å². The van der Waals surface area contributed by atoms with E-state index in [1.165, 1.54) is 12.8 Å². The Morgan fingerprint density at radius 2 is 1.57 bits per heavy atom. The number of carbonyl (C=O) groups excluding carboxylic acids is 2. The summed E-state index contributed by atoms with van der Waals surface area (Å²) in [4.78, 5) is 32.1. The van der Waals surface area contributed by atoms with Crippen LogP contribution in [0.3, 0.4) is 0 Å². The van der Waals surface area contributed by atoms with E-state index in [-0.39, 0.29) is 11.8 Å². The highest BCUT2D eigenvalue weighted by molar-refractivity contribution is 5.98. The van der Waals surface area contributed by atoms with Crippen LogP contribution in [0.25, 0.3) is 0 Å². The standard InChI is InChI=1S/C22H31N3O3/c1-2-9-24-14-17-3-8-20(24)16-25(15-17)22(27)19-6-4-18(5-7-19)21(26)23-10-12-28-13-11-23/h4-7,17,20H,2-3,8-16H2,1H3/t17-,20-/m1/s1. The van der Waals surface area contributed by atoms with Crippen LogP contribution >= 0.6 is 0 Å². The molecule has 6 nitrogen and oxygen atoms in total. The van der Waals surface area contributed by atoms with Gasteiger partial charge in [0, 0.05) is 49.9 Å². The van der Waals surface area contributed by atoms with Gasteiger partial charge < -0.3 is 14.5 Å². The maximum Gasteiger partial charge on any atom is 0.254 e. The Balaban J connectivity index is 1.43. The van der Waals surface area contributed by atoms with Crippen LogP contribution in [0.2, 0.25) is 0 Å². The molecule has 4 heterocycles. The Morgan fingerprint density at radius 1 is 0.929 bits per heavy atom. The predicted molar refractivity (Wildman–Crippen MR) is 107 cm³/mol. The van der Waals surface area contributed by atoms with Crippen molar-refractivity contribution in [2.75, 3.05) is 52.5 Å². The number of hydrogen-bond acceptors (Lipinski definition) is 4. The van der Waals surface area contributed by atoms with Crippen molar-refractivity contribution in [3.8, 4) is 0 Å². The lowest BCUT2D eigenvalue weighted by Crippen LogP contribution is -2.44. The number of nitrogens with zero attached hydrogens (tertiary/aromatic N) is 3. The predicted octanol–water partition coefficient (Wildman–Crippen LogP) is 2.11. The summed E-state index contributed by atoms with van der Waals surface area (Å²) in [5, 5.41) is 0. The van der Waals surface area contributed by atoms with E-state index in [2.05, 4.69) is 11.8 Å². The number of benzene rings is 1. The highest BCUT2D eigenvalue weighted by Gasteiger charge is 2.36. The molecule has 2 atom stereocenters. The molecule has 152 valence electrons. The van der Waals surface area contributed by atoms with E-state index in [9.17, 15) is 9.59 Å². The lowest BCUT2D eigenvalue weighted by atomic mass is 9.95. The lowest BCUT2D eigenvalue weighted by Gasteiger charge is -2.35. The van der Waals surface area contributed by atoms with Crippen LogP contribution in [0, 0.1) is 5.92 Å². The van der Waals surface area contributed by atoms with Gasteiger partial charge in [-0.3, -0.25) is 14.5 Å². The summed E-state index contributed by atoms with van der Waals surface area (Å²) >= 11 is 0. The molecule has 2 amide bonds. The molecular weight excluding hydrogens is 354 g/mol. The summed E-state index contributed by atoms with van der Waals surface area (Å²) < 4.78 is 5.31. The molecule has 5 rings (SSSR count). The number of ether oxygens (including phenoxy) is 1. The first-order valence-electron chi connectivity index (χ1n) is 10.7. The van der Waals surface area contributed by atoms with Gasteiger partial charge >= 0.3 is 0 Å². The first-order valence-corrected chi connectivity index (χ1v) is 10.7. The van der Waals surface area contributed by atoms with Crippen LogP contribution in [-0.2, 0) is 4.74 Å². The van der Waals surface area contributed by atoms with Crippen molar-refractivity contribution in [2.24, 2.45) is 5.92 Å². The zero-order valence-electron chi connectivity index (χ0n) is 16.8. The van der Waals surface area contributed by atoms with Gasteiger partial charge in [-0.05, 0) is 56.0 Å². The largest absolute Gasteiger partial charge is 0.378 e. The molecular formula is C22H31N3O3. The number of piperidine rings is 1. The normalized spacial score (nSPS) is 25.6. The summed E-state index contributed by atoms with van der Waals surface area (Å²) in [6.45, 7) is 8.59. The SMILES string of the molecule is CCCN1C[C@H]2CC[C@@H]1CN(C(=O)c1ccc(C(=O)N3CCOCC3)cc1)C2. The topological polar surface area (TPSA) is 53.1 Å². The smallest absolute Gasteiger partial charge is 0.254 e. The maximum absolute atomic E-state index is 13.1. The van der Waals surface area contributed by atoms with Gasteiger partial charge in [-0.1, -0.05) is 6.92 Å². The second kappa shape index (κ2) is 8.62. The van der Waals surface area contributed by atoms with E-state index >= 15 is 0 Å². The van der Waals surface area contributed by atoms with Crippen molar-refractivity contribution in [3.63, 3.8) is 0 Å². The molecule has 0 unspecified atom stereocenters. The van der Waals surface area contributed by atoms with Gasteiger partial charge in [0.25, 0.3) is 11.8 Å². The van der Waals surface area contributed by atoms with Crippen molar-refractivity contribution in [1.82, 2.24) is 14.7 Å². The Bertz CT molecular complexity index is 699. The molecule has 4 aliphatic heterocycles. The van der Waals surface area contributed by atoms with Gasteiger partial charge in [-0.25, -0.2) is 0 Å². The van der Waals surface area contributed by atoms with Crippen molar-refractivity contribution in [2.45, 2.75) is 32.2 Å². The third-order valence-electron chi connectivity index (χ3n) is 6.30. The minimum atomic E-state index is 0.0188. The van der Waals surface area contributed by atoms with Gasteiger partial charge in [0.1, 0.15) is 0 Å². The van der Waals surface area contributed by atoms with Gasteiger partial charge in [0.15, 0.2) is 0 Å². The average molecular weight is 386 g/mol. The highest BCUT2D eigenvalue weighted by Crippen LogP contribution is 2.29. The Hall–Kier alpha value is -1.92. The minimum absolute atomic E-state index is 0.0188. The quantitative estimate of drug-likeness (QED) is 0.797. The Labute approximate surface area is 167 Å². The Morgan fingerprint density at radius 3 is 2.21 bits per heavy atom. The zero-order chi connectivity index (χ0) is 19.5. The first-order chi connectivity index (χ1) is 13.7. The van der Waals surface area contributed by atoms with Crippen LogP contribution in [-0.4, -0.2) is 85.0 Å². The van der Waals surface area contributed by atoms with E-state index in [1.54, 1.807) is 12.1 Å². The summed E-state index contributed by atoms with van der Waals surface area (Å²) in [6.07, 6.45) is 3.58. The fourth-order valence-corrected chi connectivity index (χ4v) is 4.79. The molecule has 2 bridgehead atoms. The second-order valence-corrected chi connectivity index (χ2v) is 8.28.